The highest BCUT2D eigenvalue weighted by molar-refractivity contribution is 9.10. The standard InChI is InChI=1S/C51H33N5.C35H22BrN3.C16H11ClN2/c1-5-17-34(18-6-1)46-33-47(53-48(52-46)35-19-7-2-8-20-35)44-31-29-42(38-25-13-15-27-40(38)44)43-30-32-45(41-28-16-14-26-39(41)43)51-55-49(36-21-9-3-10-22-36)54-50(56-51)37-23-11-4-12-24-37;36-32-22-21-29(26-16-9-10-18-30(26)32)28-19-20-31(27-17-8-7-15-25(27)28)35-38-33(23-11-3-1-4-12-23)37-34(39-35)24-13-5-2-6-14-24;17-15-11-14(12-7-3-1-4-8-12)18-16(19-15)13-9-5-2-6-10-13/h1-33H;1-22H;1-11H. The first-order valence-electron chi connectivity index (χ1n) is 37.5. The molecule has 0 atom stereocenters. The van der Waals surface area contributed by atoms with Crippen molar-refractivity contribution in [1.29, 1.82) is 0 Å². The molecule has 114 heavy (non-hydrogen) atoms. The van der Waals surface area contributed by atoms with Crippen molar-refractivity contribution in [3.8, 4) is 147 Å². The van der Waals surface area contributed by atoms with Crippen LogP contribution in [0.4, 0.5) is 0 Å². The first kappa shape index (κ1) is 71.1. The van der Waals surface area contributed by atoms with E-state index in [0.717, 1.165) is 126 Å². The van der Waals surface area contributed by atoms with Gasteiger partial charge in [0.05, 0.1) is 17.1 Å². The van der Waals surface area contributed by atoms with E-state index in [1.165, 1.54) is 21.9 Å². The molecular weight excluding hydrogens is 1480 g/mol. The summed E-state index contributed by atoms with van der Waals surface area (Å²) in [5, 5.41) is 9.56. The second-order valence-corrected chi connectivity index (χ2v) is 28.4. The molecule has 0 aliphatic rings. The quantitative estimate of drug-likeness (QED) is 0.103. The van der Waals surface area contributed by atoms with Crippen molar-refractivity contribution >= 4 is 70.6 Å². The number of benzene rings is 16. The third-order valence-corrected chi connectivity index (χ3v) is 20.9. The molecule has 10 nitrogen and oxygen atoms in total. The molecule has 0 saturated heterocycles. The maximum Gasteiger partial charge on any atom is 0.164 e. The molecule has 0 bridgehead atoms. The zero-order valence-electron chi connectivity index (χ0n) is 61.3. The van der Waals surface area contributed by atoms with Crippen LogP contribution in [0.2, 0.25) is 5.15 Å². The molecule has 0 spiro atoms. The number of fused-ring (bicyclic) bond motifs is 4. The molecule has 20 rings (SSSR count). The van der Waals surface area contributed by atoms with Crippen LogP contribution in [0.5, 0.6) is 0 Å². The molecule has 4 aromatic heterocycles. The van der Waals surface area contributed by atoms with E-state index in [0.29, 0.717) is 51.7 Å². The largest absolute Gasteiger partial charge is 0.228 e. The third-order valence-electron chi connectivity index (χ3n) is 20.0. The average Bonchev–Trinajstić information content (AvgIpc) is 0.743. The molecule has 20 aromatic rings. The highest BCUT2D eigenvalue weighted by atomic mass is 79.9. The predicted octanol–water partition coefficient (Wildman–Crippen LogP) is 26.7. The van der Waals surface area contributed by atoms with E-state index in [-0.39, 0.29) is 0 Å². The summed E-state index contributed by atoms with van der Waals surface area (Å²) in [6.07, 6.45) is 0. The van der Waals surface area contributed by atoms with Crippen molar-refractivity contribution in [3.05, 3.63) is 410 Å². The fourth-order valence-corrected chi connectivity index (χ4v) is 15.2. The van der Waals surface area contributed by atoms with Gasteiger partial charge in [-0.25, -0.2) is 49.8 Å². The van der Waals surface area contributed by atoms with Gasteiger partial charge in [0, 0.05) is 71.7 Å². The van der Waals surface area contributed by atoms with Gasteiger partial charge in [-0.1, -0.05) is 398 Å². The molecule has 0 fully saturated rings. The summed E-state index contributed by atoms with van der Waals surface area (Å²) in [6, 6.07) is 136. The molecule has 0 aliphatic carbocycles. The fourth-order valence-electron chi connectivity index (χ4n) is 14.5. The van der Waals surface area contributed by atoms with E-state index in [4.69, 9.17) is 51.5 Å². The lowest BCUT2D eigenvalue weighted by atomic mass is 9.89. The van der Waals surface area contributed by atoms with Gasteiger partial charge >= 0.3 is 0 Å². The summed E-state index contributed by atoms with van der Waals surface area (Å²) < 4.78 is 1.09. The Kier molecular flexibility index (Phi) is 20.3. The summed E-state index contributed by atoms with van der Waals surface area (Å²) in [5.74, 6) is 5.23. The summed E-state index contributed by atoms with van der Waals surface area (Å²) in [4.78, 5) is 49.0. The zero-order chi connectivity index (χ0) is 76.5. The molecule has 0 unspecified atom stereocenters. The van der Waals surface area contributed by atoms with Gasteiger partial charge in [0.25, 0.3) is 0 Å². The Bertz CT molecular complexity index is 6420. The van der Waals surface area contributed by atoms with Crippen LogP contribution in [-0.4, -0.2) is 49.8 Å². The highest BCUT2D eigenvalue weighted by Crippen LogP contribution is 2.44. The van der Waals surface area contributed by atoms with E-state index >= 15 is 0 Å². The van der Waals surface area contributed by atoms with Crippen molar-refractivity contribution in [3.63, 3.8) is 0 Å². The lowest BCUT2D eigenvalue weighted by molar-refractivity contribution is 1.08. The number of nitrogens with zero attached hydrogens (tertiary/aromatic N) is 10. The van der Waals surface area contributed by atoms with Crippen molar-refractivity contribution in [2.45, 2.75) is 0 Å². The van der Waals surface area contributed by atoms with Crippen molar-refractivity contribution in [2.24, 2.45) is 0 Å². The van der Waals surface area contributed by atoms with Crippen LogP contribution in [0.15, 0.2) is 405 Å². The molecule has 4 heterocycles. The lowest BCUT2D eigenvalue weighted by Gasteiger charge is -2.16. The monoisotopic (exact) mass is 1540 g/mol. The second-order valence-electron chi connectivity index (χ2n) is 27.2. The van der Waals surface area contributed by atoms with Gasteiger partial charge in [0.15, 0.2) is 46.6 Å². The van der Waals surface area contributed by atoms with E-state index in [9.17, 15) is 0 Å². The summed E-state index contributed by atoms with van der Waals surface area (Å²) in [5.41, 5.74) is 18.0. The van der Waals surface area contributed by atoms with Crippen molar-refractivity contribution < 1.29 is 0 Å². The molecular formula is C102H66BrClN10. The maximum atomic E-state index is 6.10. The van der Waals surface area contributed by atoms with Gasteiger partial charge < -0.3 is 0 Å². The minimum Gasteiger partial charge on any atom is -0.228 e. The number of rotatable bonds is 13. The first-order valence-corrected chi connectivity index (χ1v) is 38.7. The minimum atomic E-state index is 0.452. The highest BCUT2D eigenvalue weighted by Gasteiger charge is 2.22. The van der Waals surface area contributed by atoms with E-state index < -0.39 is 0 Å². The average molecular weight is 1550 g/mol. The molecule has 0 aliphatic heterocycles. The smallest absolute Gasteiger partial charge is 0.164 e. The number of hydrogen-bond donors (Lipinski definition) is 0. The zero-order valence-corrected chi connectivity index (χ0v) is 63.7. The Morgan fingerprint density at radius 1 is 0.158 bits per heavy atom. The van der Waals surface area contributed by atoms with Gasteiger partial charge in [-0.3, -0.25) is 0 Å². The molecule has 12 heteroatoms. The number of halogens is 2. The Morgan fingerprint density at radius 3 is 0.702 bits per heavy atom. The lowest BCUT2D eigenvalue weighted by Crippen LogP contribution is -2.00. The van der Waals surface area contributed by atoms with Crippen LogP contribution in [0.3, 0.4) is 0 Å². The van der Waals surface area contributed by atoms with Crippen molar-refractivity contribution in [2.75, 3.05) is 0 Å². The first-order chi connectivity index (χ1) is 56.3. The van der Waals surface area contributed by atoms with Crippen LogP contribution in [0, 0.1) is 0 Å². The normalized spacial score (nSPS) is 11.1. The van der Waals surface area contributed by atoms with E-state index in [1.807, 2.05) is 218 Å². The molecule has 0 radical (unpaired) electrons. The number of hydrogen-bond acceptors (Lipinski definition) is 10. The predicted molar refractivity (Wildman–Crippen MR) is 471 cm³/mol. The Labute approximate surface area is 672 Å². The maximum absolute atomic E-state index is 6.10. The molecule has 0 saturated carbocycles. The summed E-state index contributed by atoms with van der Waals surface area (Å²) in [6.45, 7) is 0. The minimum absolute atomic E-state index is 0.452. The Morgan fingerprint density at radius 2 is 0.368 bits per heavy atom. The van der Waals surface area contributed by atoms with Gasteiger partial charge in [0.2, 0.25) is 0 Å². The molecule has 0 N–H and O–H groups in total. The van der Waals surface area contributed by atoms with Gasteiger partial charge in [-0.05, 0) is 89.6 Å². The Hall–Kier alpha value is -14.5. The van der Waals surface area contributed by atoms with Crippen LogP contribution in [-0.2, 0) is 0 Å². The topological polar surface area (TPSA) is 129 Å². The van der Waals surface area contributed by atoms with E-state index in [2.05, 4.69) is 202 Å². The summed E-state index contributed by atoms with van der Waals surface area (Å²) in [7, 11) is 0. The van der Waals surface area contributed by atoms with Crippen molar-refractivity contribution in [1.82, 2.24) is 49.8 Å². The van der Waals surface area contributed by atoms with Crippen LogP contribution in [0.25, 0.3) is 190 Å². The third kappa shape index (κ3) is 15.1. The Balaban J connectivity index is 0.000000134. The molecule has 16 aromatic carbocycles. The van der Waals surface area contributed by atoms with Crippen LogP contribution >= 0.6 is 27.5 Å². The fraction of sp³-hybridized carbons (Fsp3) is 0. The SMILES string of the molecule is Brc1ccc(-c2ccc(-c3nc(-c4ccccc4)nc(-c4ccccc4)n3)c3ccccc23)c2ccccc12.Clc1cc(-c2ccccc2)nc(-c2ccccc2)n1.c1ccc(-c2cc(-c3ccc(-c4ccc(-c5nc(-c6ccccc6)nc(-c6ccccc6)n5)c5ccccc45)c4ccccc34)nc(-c3ccccc3)n2)cc1. The van der Waals surface area contributed by atoms with Gasteiger partial charge in [-0.2, -0.15) is 0 Å². The molecule has 538 valence electrons. The van der Waals surface area contributed by atoms with Gasteiger partial charge in [0.1, 0.15) is 5.15 Å². The van der Waals surface area contributed by atoms with Crippen LogP contribution < -0.4 is 0 Å². The van der Waals surface area contributed by atoms with Crippen LogP contribution in [0.1, 0.15) is 0 Å². The second kappa shape index (κ2) is 32.6. The molecule has 0 amide bonds. The van der Waals surface area contributed by atoms with Gasteiger partial charge in [-0.15, -0.1) is 0 Å². The number of aromatic nitrogens is 10. The van der Waals surface area contributed by atoms with E-state index in [1.54, 1.807) is 6.07 Å². The summed E-state index contributed by atoms with van der Waals surface area (Å²) >= 11 is 9.82.